The van der Waals surface area contributed by atoms with Gasteiger partial charge in [0.15, 0.2) is 6.61 Å². The van der Waals surface area contributed by atoms with Crippen LogP contribution < -0.4 is 4.74 Å². The van der Waals surface area contributed by atoms with Crippen LogP contribution in [0.1, 0.15) is 63.0 Å². The van der Waals surface area contributed by atoms with Crippen LogP contribution in [0, 0.1) is 17.8 Å². The number of aliphatic carboxylic acids is 1. The fraction of sp³-hybridized carbons (Fsp3) is 0.692. The Morgan fingerprint density at radius 3 is 2.67 bits per heavy atom. The van der Waals surface area contributed by atoms with Gasteiger partial charge in [0.05, 0.1) is 6.10 Å². The third-order valence-corrected chi connectivity index (χ3v) is 7.26. The molecule has 1 fully saturated rings. The Morgan fingerprint density at radius 2 is 1.97 bits per heavy atom. The number of carbonyl (C=O) groups is 2. The van der Waals surface area contributed by atoms with Gasteiger partial charge in [-0.15, -0.1) is 0 Å². The number of nitrogens with zero attached hydrogens (tertiary/aromatic N) is 1. The van der Waals surface area contributed by atoms with Gasteiger partial charge < -0.3 is 24.6 Å². The molecule has 0 radical (unpaired) electrons. The topological polar surface area (TPSA) is 96.3 Å². The van der Waals surface area contributed by atoms with Crippen molar-refractivity contribution < 1.29 is 29.3 Å². The lowest BCUT2D eigenvalue weighted by molar-refractivity contribution is -0.139. The maximum absolute atomic E-state index is 12.4. The lowest BCUT2D eigenvalue weighted by Crippen LogP contribution is -2.32. The van der Waals surface area contributed by atoms with E-state index >= 15 is 0 Å². The Morgan fingerprint density at radius 1 is 1.18 bits per heavy atom. The highest BCUT2D eigenvalue weighted by Crippen LogP contribution is 2.49. The average molecular weight is 462 g/mol. The summed E-state index contributed by atoms with van der Waals surface area (Å²) in [6.45, 7) is 1.81. The van der Waals surface area contributed by atoms with Crippen molar-refractivity contribution in [3.05, 3.63) is 29.3 Å². The molecule has 5 atom stereocenters. The summed E-state index contributed by atoms with van der Waals surface area (Å²) in [4.78, 5) is 24.8. The summed E-state index contributed by atoms with van der Waals surface area (Å²) >= 11 is 0. The van der Waals surface area contributed by atoms with Crippen molar-refractivity contribution >= 4 is 12.1 Å². The number of carboxylic acids is 1. The SMILES string of the molecule is CCCCCC(O)CC[C@@H]1C2Cc3cccc(OCC(=O)O)c3CC2C[C@H]1OC(=O)N(C)C. The van der Waals surface area contributed by atoms with Gasteiger partial charge in [-0.25, -0.2) is 9.59 Å². The van der Waals surface area contributed by atoms with E-state index in [1.807, 2.05) is 12.1 Å². The van der Waals surface area contributed by atoms with Gasteiger partial charge in [-0.3, -0.25) is 0 Å². The van der Waals surface area contributed by atoms with Crippen LogP contribution in [0.4, 0.5) is 4.79 Å². The van der Waals surface area contributed by atoms with Gasteiger partial charge in [-0.05, 0) is 73.5 Å². The number of hydrogen-bond acceptors (Lipinski definition) is 5. The number of amides is 1. The average Bonchev–Trinajstić information content (AvgIpc) is 3.10. The number of unbranched alkanes of at least 4 members (excludes halogenated alkanes) is 2. The van der Waals surface area contributed by atoms with Gasteiger partial charge in [0, 0.05) is 14.1 Å². The van der Waals surface area contributed by atoms with Crippen molar-refractivity contribution in [3.8, 4) is 5.75 Å². The molecular weight excluding hydrogens is 422 g/mol. The molecular formula is C26H39NO6. The van der Waals surface area contributed by atoms with Crippen molar-refractivity contribution in [1.82, 2.24) is 4.90 Å². The van der Waals surface area contributed by atoms with Gasteiger partial charge >= 0.3 is 12.1 Å². The highest BCUT2D eigenvalue weighted by atomic mass is 16.6. The van der Waals surface area contributed by atoms with Gasteiger partial charge in [-0.2, -0.15) is 0 Å². The monoisotopic (exact) mass is 461 g/mol. The quantitative estimate of drug-likeness (QED) is 0.477. The summed E-state index contributed by atoms with van der Waals surface area (Å²) in [5.74, 6) is 0.570. The largest absolute Gasteiger partial charge is 0.482 e. The first kappa shape index (κ1) is 25.3. The van der Waals surface area contributed by atoms with Gasteiger partial charge in [0.2, 0.25) is 0 Å². The van der Waals surface area contributed by atoms with Crippen LogP contribution >= 0.6 is 0 Å². The lowest BCUT2D eigenvalue weighted by Gasteiger charge is -2.33. The second-order valence-corrected chi connectivity index (χ2v) is 9.85. The minimum Gasteiger partial charge on any atom is -0.482 e. The molecule has 1 amide bonds. The van der Waals surface area contributed by atoms with Crippen LogP contribution in [0.2, 0.25) is 0 Å². The summed E-state index contributed by atoms with van der Waals surface area (Å²) in [7, 11) is 3.39. The summed E-state index contributed by atoms with van der Waals surface area (Å²) in [5, 5.41) is 19.5. The van der Waals surface area contributed by atoms with Crippen molar-refractivity contribution in [2.75, 3.05) is 20.7 Å². The first-order chi connectivity index (χ1) is 15.8. The standard InChI is InChI=1S/C26H39NO6/c1-4-5-6-9-19(28)11-12-20-21-13-17-8-7-10-23(32-16-25(29)30)22(17)14-18(21)15-24(20)33-26(31)27(2)3/h7-8,10,18-21,24,28H,4-6,9,11-16H2,1-3H3,(H,29,30)/t18?,19?,20-,21?,24-/m1/s1. The van der Waals surface area contributed by atoms with Crippen LogP contribution in [0.25, 0.3) is 0 Å². The van der Waals surface area contributed by atoms with E-state index in [1.54, 1.807) is 14.1 Å². The fourth-order valence-electron chi connectivity index (χ4n) is 5.58. The zero-order valence-electron chi connectivity index (χ0n) is 20.2. The molecule has 0 saturated heterocycles. The molecule has 7 nitrogen and oxygen atoms in total. The van der Waals surface area contributed by atoms with Crippen LogP contribution in [0.5, 0.6) is 5.75 Å². The maximum atomic E-state index is 12.4. The molecule has 0 heterocycles. The van der Waals surface area contributed by atoms with Crippen LogP contribution in [-0.4, -0.2) is 60.1 Å². The number of ether oxygens (including phenoxy) is 2. The van der Waals surface area contributed by atoms with Crippen molar-refractivity contribution in [1.29, 1.82) is 0 Å². The maximum Gasteiger partial charge on any atom is 0.409 e. The van der Waals surface area contributed by atoms with Crippen LogP contribution in [0.15, 0.2) is 18.2 Å². The molecule has 2 aliphatic rings. The molecule has 33 heavy (non-hydrogen) atoms. The summed E-state index contributed by atoms with van der Waals surface area (Å²) in [5.41, 5.74) is 2.27. The number of carboxylic acid groups (broad SMARTS) is 1. The Labute approximate surface area is 197 Å². The van der Waals surface area contributed by atoms with E-state index in [9.17, 15) is 14.7 Å². The first-order valence-electron chi connectivity index (χ1n) is 12.3. The normalized spacial score (nSPS) is 24.5. The number of rotatable bonds is 11. The third-order valence-electron chi connectivity index (χ3n) is 7.26. The van der Waals surface area contributed by atoms with Gasteiger partial charge in [-0.1, -0.05) is 38.3 Å². The van der Waals surface area contributed by atoms with E-state index in [0.29, 0.717) is 17.6 Å². The van der Waals surface area contributed by atoms with Gasteiger partial charge in [0.25, 0.3) is 0 Å². The molecule has 1 aromatic carbocycles. The number of carbonyl (C=O) groups excluding carboxylic acids is 1. The van der Waals surface area contributed by atoms with E-state index in [1.165, 1.54) is 10.5 Å². The summed E-state index contributed by atoms with van der Waals surface area (Å²) < 4.78 is 11.5. The number of aliphatic hydroxyl groups is 1. The molecule has 0 aliphatic heterocycles. The van der Waals surface area contributed by atoms with E-state index in [4.69, 9.17) is 14.6 Å². The number of benzene rings is 1. The van der Waals surface area contributed by atoms with E-state index < -0.39 is 5.97 Å². The zero-order valence-corrected chi connectivity index (χ0v) is 20.2. The van der Waals surface area contributed by atoms with Crippen molar-refractivity contribution in [2.45, 2.75) is 76.9 Å². The molecule has 184 valence electrons. The Hall–Kier alpha value is -2.28. The summed E-state index contributed by atoms with van der Waals surface area (Å²) in [6.07, 6.45) is 7.33. The molecule has 7 heteroatoms. The Kier molecular flexibility index (Phi) is 9.01. The second-order valence-electron chi connectivity index (χ2n) is 9.85. The molecule has 0 aromatic heterocycles. The first-order valence-corrected chi connectivity index (χ1v) is 12.3. The number of hydrogen-bond donors (Lipinski definition) is 2. The molecule has 3 rings (SSSR count). The lowest BCUT2D eigenvalue weighted by atomic mass is 9.73. The highest BCUT2D eigenvalue weighted by Gasteiger charge is 2.47. The molecule has 1 saturated carbocycles. The van der Waals surface area contributed by atoms with Crippen molar-refractivity contribution in [3.63, 3.8) is 0 Å². The van der Waals surface area contributed by atoms with E-state index in [2.05, 4.69) is 13.0 Å². The molecule has 2 aliphatic carbocycles. The summed E-state index contributed by atoms with van der Waals surface area (Å²) in [6, 6.07) is 5.85. The second kappa shape index (κ2) is 11.7. The minimum atomic E-state index is -0.990. The predicted molar refractivity (Wildman–Crippen MR) is 125 cm³/mol. The minimum absolute atomic E-state index is 0.171. The molecule has 0 bridgehead atoms. The Bertz CT molecular complexity index is 810. The number of aliphatic hydroxyl groups excluding tert-OH is 1. The highest BCUT2D eigenvalue weighted by molar-refractivity contribution is 5.68. The molecule has 2 N–H and O–H groups in total. The van der Waals surface area contributed by atoms with Crippen LogP contribution in [0.3, 0.4) is 0 Å². The molecule has 0 spiro atoms. The number of fused-ring (bicyclic) bond motifs is 2. The zero-order chi connectivity index (χ0) is 24.0. The van der Waals surface area contributed by atoms with Crippen LogP contribution in [-0.2, 0) is 22.4 Å². The van der Waals surface area contributed by atoms with Crippen molar-refractivity contribution in [2.24, 2.45) is 17.8 Å². The fourth-order valence-corrected chi connectivity index (χ4v) is 5.58. The third kappa shape index (κ3) is 6.62. The predicted octanol–water partition coefficient (Wildman–Crippen LogP) is 4.29. The molecule has 3 unspecified atom stereocenters. The smallest absolute Gasteiger partial charge is 0.409 e. The Balaban J connectivity index is 1.74. The van der Waals surface area contributed by atoms with E-state index in [0.717, 1.165) is 63.4 Å². The van der Waals surface area contributed by atoms with Gasteiger partial charge in [0.1, 0.15) is 11.9 Å². The van der Waals surface area contributed by atoms with E-state index in [-0.39, 0.29) is 30.8 Å². The molecule has 1 aromatic rings.